The summed E-state index contributed by atoms with van der Waals surface area (Å²) >= 11 is 13.7. The van der Waals surface area contributed by atoms with Crippen LogP contribution >= 0.6 is 34.5 Å². The van der Waals surface area contributed by atoms with Gasteiger partial charge in [0.05, 0.1) is 21.8 Å². The summed E-state index contributed by atoms with van der Waals surface area (Å²) in [5, 5.41) is 12.7. The number of aliphatic hydroxyl groups excluding tert-OH is 1. The highest BCUT2D eigenvalue weighted by Crippen LogP contribution is 2.45. The molecule has 8 heteroatoms. The lowest BCUT2D eigenvalue weighted by Crippen LogP contribution is -2.29. The summed E-state index contributed by atoms with van der Waals surface area (Å²) in [6.45, 7) is 3.74. The molecule has 2 heterocycles. The van der Waals surface area contributed by atoms with Crippen LogP contribution in [0.3, 0.4) is 0 Å². The van der Waals surface area contributed by atoms with E-state index < -0.39 is 17.7 Å². The summed E-state index contributed by atoms with van der Waals surface area (Å²) in [6.07, 6.45) is 0. The first-order valence-corrected chi connectivity index (χ1v) is 12.0. The van der Waals surface area contributed by atoms with Crippen LogP contribution in [-0.2, 0) is 9.59 Å². The molecule has 1 aliphatic rings. The Kier molecular flexibility index (Phi) is 5.68. The van der Waals surface area contributed by atoms with Crippen LogP contribution in [0, 0.1) is 13.8 Å². The summed E-state index contributed by atoms with van der Waals surface area (Å²) in [6, 6.07) is 16.9. The number of carbonyl (C=O) groups is 2. The molecule has 0 radical (unpaired) electrons. The van der Waals surface area contributed by atoms with Crippen molar-refractivity contribution in [3.8, 4) is 0 Å². The second-order valence-corrected chi connectivity index (χ2v) is 10.0. The Morgan fingerprint density at radius 1 is 1.00 bits per heavy atom. The fourth-order valence-electron chi connectivity index (χ4n) is 4.15. The highest BCUT2D eigenvalue weighted by atomic mass is 35.5. The number of fused-ring (bicyclic) bond motifs is 1. The molecule has 1 unspecified atom stereocenters. The Morgan fingerprint density at radius 2 is 1.76 bits per heavy atom. The van der Waals surface area contributed by atoms with Crippen LogP contribution in [0.15, 0.2) is 66.2 Å². The van der Waals surface area contributed by atoms with Crippen molar-refractivity contribution in [2.75, 3.05) is 4.90 Å². The predicted molar refractivity (Wildman–Crippen MR) is 137 cm³/mol. The number of anilines is 1. The average Bonchev–Trinajstić information content (AvgIpc) is 3.33. The maximum Gasteiger partial charge on any atom is 0.301 e. The fraction of sp³-hybridized carbons (Fsp3) is 0.115. The Hall–Kier alpha value is -3.19. The molecule has 0 spiro atoms. The fourth-order valence-corrected chi connectivity index (χ4v) is 5.61. The predicted octanol–water partition coefficient (Wildman–Crippen LogP) is 6.85. The molecular formula is C26H18Cl2N2O3S. The molecule has 1 aliphatic heterocycles. The van der Waals surface area contributed by atoms with Gasteiger partial charge in [-0.1, -0.05) is 64.4 Å². The van der Waals surface area contributed by atoms with E-state index in [2.05, 4.69) is 4.98 Å². The normalized spacial score (nSPS) is 17.6. The minimum absolute atomic E-state index is 0.00162. The van der Waals surface area contributed by atoms with Gasteiger partial charge in [-0.05, 0) is 61.4 Å². The molecule has 1 atom stereocenters. The van der Waals surface area contributed by atoms with Gasteiger partial charge in [0, 0.05) is 15.6 Å². The SMILES string of the molecule is Cc1ccc(C)c(/C(O)=C2\C(=O)C(=O)N(c3nc4ccc(Cl)cc4s3)C2c2cccc(Cl)c2)c1. The summed E-state index contributed by atoms with van der Waals surface area (Å²) in [5.74, 6) is -1.76. The Bertz CT molecular complexity index is 1530. The van der Waals surface area contributed by atoms with E-state index in [1.807, 2.05) is 26.0 Å². The lowest BCUT2D eigenvalue weighted by Gasteiger charge is -2.23. The van der Waals surface area contributed by atoms with Gasteiger partial charge in [-0.15, -0.1) is 0 Å². The smallest absolute Gasteiger partial charge is 0.301 e. The number of Topliss-reactive ketones (excluding diaryl/α,β-unsaturated/α-hetero) is 1. The van der Waals surface area contributed by atoms with Crippen LogP contribution in [0.4, 0.5) is 5.13 Å². The van der Waals surface area contributed by atoms with Crippen LogP contribution in [-0.4, -0.2) is 21.8 Å². The van der Waals surface area contributed by atoms with Crippen molar-refractivity contribution < 1.29 is 14.7 Å². The standard InChI is InChI=1S/C26H18Cl2N2O3S/c1-13-6-7-14(2)18(10-13)23(31)21-22(15-4-3-5-16(27)11-15)30(25(33)24(21)32)26-29-19-9-8-17(28)12-20(19)34-26/h3-12,22,31H,1-2H3/b23-21+. The minimum atomic E-state index is -0.894. The number of thiazole rings is 1. The summed E-state index contributed by atoms with van der Waals surface area (Å²) < 4.78 is 0.781. The molecule has 3 aromatic carbocycles. The molecule has 1 amide bonds. The number of aromatic nitrogens is 1. The van der Waals surface area contributed by atoms with Crippen LogP contribution < -0.4 is 4.90 Å². The van der Waals surface area contributed by atoms with E-state index in [0.29, 0.717) is 31.8 Å². The molecule has 0 saturated carbocycles. The molecule has 5 nitrogen and oxygen atoms in total. The van der Waals surface area contributed by atoms with E-state index in [0.717, 1.165) is 15.8 Å². The average molecular weight is 509 g/mol. The second kappa shape index (κ2) is 8.55. The molecule has 4 aromatic rings. The van der Waals surface area contributed by atoms with Crippen LogP contribution in [0.25, 0.3) is 16.0 Å². The van der Waals surface area contributed by atoms with Crippen molar-refractivity contribution >= 4 is 67.3 Å². The molecule has 5 rings (SSSR count). The summed E-state index contributed by atoms with van der Waals surface area (Å²) in [5.41, 5.74) is 3.46. The molecule has 0 bridgehead atoms. The first kappa shape index (κ1) is 22.6. The van der Waals surface area contributed by atoms with Gasteiger partial charge < -0.3 is 5.11 Å². The van der Waals surface area contributed by atoms with Gasteiger partial charge in [0.2, 0.25) is 0 Å². The van der Waals surface area contributed by atoms with Crippen molar-refractivity contribution in [3.63, 3.8) is 0 Å². The maximum atomic E-state index is 13.4. The van der Waals surface area contributed by atoms with Crippen LogP contribution in [0.5, 0.6) is 0 Å². The zero-order valence-corrected chi connectivity index (χ0v) is 20.5. The van der Waals surface area contributed by atoms with E-state index in [-0.39, 0.29) is 11.3 Å². The Morgan fingerprint density at radius 3 is 2.53 bits per heavy atom. The molecule has 170 valence electrons. The van der Waals surface area contributed by atoms with Crippen molar-refractivity contribution in [3.05, 3.63) is 98.5 Å². The second-order valence-electron chi connectivity index (χ2n) is 8.15. The highest BCUT2D eigenvalue weighted by molar-refractivity contribution is 7.22. The molecule has 34 heavy (non-hydrogen) atoms. The highest BCUT2D eigenvalue weighted by Gasteiger charge is 2.48. The third-order valence-corrected chi connectivity index (χ3v) is 7.29. The van der Waals surface area contributed by atoms with E-state index in [1.54, 1.807) is 48.5 Å². The summed E-state index contributed by atoms with van der Waals surface area (Å²) in [7, 11) is 0. The van der Waals surface area contributed by atoms with Gasteiger partial charge in [0.25, 0.3) is 5.78 Å². The molecule has 1 saturated heterocycles. The van der Waals surface area contributed by atoms with Gasteiger partial charge in [-0.25, -0.2) is 4.98 Å². The first-order chi connectivity index (χ1) is 16.2. The molecule has 1 aromatic heterocycles. The van der Waals surface area contributed by atoms with Gasteiger partial charge >= 0.3 is 5.91 Å². The van der Waals surface area contributed by atoms with Gasteiger partial charge in [-0.2, -0.15) is 0 Å². The minimum Gasteiger partial charge on any atom is -0.507 e. The lowest BCUT2D eigenvalue weighted by molar-refractivity contribution is -0.132. The lowest BCUT2D eigenvalue weighted by atomic mass is 9.93. The largest absolute Gasteiger partial charge is 0.507 e. The topological polar surface area (TPSA) is 70.5 Å². The monoisotopic (exact) mass is 508 g/mol. The van der Waals surface area contributed by atoms with E-state index in [1.165, 1.54) is 16.2 Å². The number of aryl methyl sites for hydroxylation is 2. The number of aliphatic hydroxyl groups is 1. The Labute approximate surface area is 209 Å². The summed E-state index contributed by atoms with van der Waals surface area (Å²) in [4.78, 5) is 32.6. The van der Waals surface area contributed by atoms with Gasteiger partial charge in [0.1, 0.15) is 5.76 Å². The van der Waals surface area contributed by atoms with E-state index in [9.17, 15) is 14.7 Å². The quantitative estimate of drug-likeness (QED) is 0.186. The molecule has 1 N–H and O–H groups in total. The van der Waals surface area contributed by atoms with Crippen molar-refractivity contribution in [2.24, 2.45) is 0 Å². The van der Waals surface area contributed by atoms with E-state index in [4.69, 9.17) is 23.2 Å². The number of amides is 1. The molecule has 1 fully saturated rings. The number of hydrogen-bond donors (Lipinski definition) is 1. The van der Waals surface area contributed by atoms with Crippen molar-refractivity contribution in [2.45, 2.75) is 19.9 Å². The third-order valence-electron chi connectivity index (χ3n) is 5.80. The van der Waals surface area contributed by atoms with E-state index >= 15 is 0 Å². The maximum absolute atomic E-state index is 13.4. The number of hydrogen-bond acceptors (Lipinski definition) is 5. The Balaban J connectivity index is 1.77. The molecular weight excluding hydrogens is 491 g/mol. The zero-order chi connectivity index (χ0) is 24.1. The number of nitrogens with zero attached hydrogens (tertiary/aromatic N) is 2. The van der Waals surface area contributed by atoms with Crippen LogP contribution in [0.2, 0.25) is 10.0 Å². The van der Waals surface area contributed by atoms with Crippen molar-refractivity contribution in [1.29, 1.82) is 0 Å². The third kappa shape index (κ3) is 3.78. The number of halogens is 2. The number of rotatable bonds is 3. The first-order valence-electron chi connectivity index (χ1n) is 10.4. The number of ketones is 1. The zero-order valence-electron chi connectivity index (χ0n) is 18.2. The number of carbonyl (C=O) groups excluding carboxylic acids is 2. The van der Waals surface area contributed by atoms with Gasteiger partial charge in [0.15, 0.2) is 5.13 Å². The number of benzene rings is 3. The molecule has 0 aliphatic carbocycles. The van der Waals surface area contributed by atoms with Gasteiger partial charge in [-0.3, -0.25) is 14.5 Å². The van der Waals surface area contributed by atoms with Crippen molar-refractivity contribution in [1.82, 2.24) is 4.98 Å². The van der Waals surface area contributed by atoms with Crippen LogP contribution in [0.1, 0.15) is 28.3 Å².